The fourth-order valence-corrected chi connectivity index (χ4v) is 6.09. The van der Waals surface area contributed by atoms with Gasteiger partial charge in [-0.3, -0.25) is 18.6 Å². The lowest BCUT2D eigenvalue weighted by Gasteiger charge is -2.24. The SMILES string of the molecule is [2H]C([2H])([2H])[N+](CCOP(=O)(O)OC[C@@H](COC(=O)CCCCCCCCCCCCCC)OC(=O)CCCCCCCCCCCCCC)(C([2H])([2H])[2H])C([2H])([2H])[2H]. The van der Waals surface area contributed by atoms with Crippen molar-refractivity contribution in [2.75, 3.05) is 47.3 Å². The predicted octanol–water partition coefficient (Wildman–Crippen LogP) is 10.5. The first-order chi connectivity index (χ1) is 26.7. The van der Waals surface area contributed by atoms with Crippen molar-refractivity contribution in [3.05, 3.63) is 0 Å². The topological polar surface area (TPSA) is 108 Å². The second kappa shape index (κ2) is 32.0. The summed E-state index contributed by atoms with van der Waals surface area (Å²) in [5.41, 5.74) is 0. The van der Waals surface area contributed by atoms with E-state index in [0.29, 0.717) is 12.8 Å². The molecule has 0 rings (SSSR count). The lowest BCUT2D eigenvalue weighted by atomic mass is 10.0. The van der Waals surface area contributed by atoms with E-state index in [-0.39, 0.29) is 12.8 Å². The molecule has 1 N–H and O–H groups in total. The van der Waals surface area contributed by atoms with Crippen LogP contribution in [0.5, 0.6) is 0 Å². The highest BCUT2D eigenvalue weighted by Crippen LogP contribution is 2.43. The number of carbonyl (C=O) groups excluding carboxylic acids is 2. The first-order valence-corrected chi connectivity index (χ1v) is 20.6. The van der Waals surface area contributed by atoms with Gasteiger partial charge >= 0.3 is 19.8 Å². The molecule has 9 nitrogen and oxygen atoms in total. The zero-order valence-corrected chi connectivity index (χ0v) is 31.4. The van der Waals surface area contributed by atoms with Crippen LogP contribution in [0, 0.1) is 0 Å². The summed E-state index contributed by atoms with van der Waals surface area (Å²) in [6.45, 7) is -9.77. The summed E-state index contributed by atoms with van der Waals surface area (Å²) in [4.78, 5) is 35.6. The summed E-state index contributed by atoms with van der Waals surface area (Å²) < 4.78 is 100. The number of nitrogens with zero attached hydrogens (tertiary/aromatic N) is 1. The van der Waals surface area contributed by atoms with Gasteiger partial charge in [0.1, 0.15) is 19.8 Å². The first-order valence-electron chi connectivity index (χ1n) is 23.6. The van der Waals surface area contributed by atoms with Gasteiger partial charge in [0.2, 0.25) is 0 Å². The largest absolute Gasteiger partial charge is 0.472 e. The van der Waals surface area contributed by atoms with E-state index in [9.17, 15) is 19.0 Å². The number of rotatable bonds is 36. The molecule has 10 heteroatoms. The Morgan fingerprint density at radius 1 is 0.604 bits per heavy atom. The van der Waals surface area contributed by atoms with E-state index >= 15 is 0 Å². The van der Waals surface area contributed by atoms with Crippen LogP contribution in [0.15, 0.2) is 0 Å². The number of ether oxygens (including phenoxy) is 2. The molecule has 0 aliphatic rings. The highest BCUT2D eigenvalue weighted by Gasteiger charge is 2.27. The van der Waals surface area contributed by atoms with Gasteiger partial charge in [-0.05, 0) is 12.8 Å². The molecule has 48 heavy (non-hydrogen) atoms. The maximum atomic E-state index is 12.7. The van der Waals surface area contributed by atoms with Gasteiger partial charge in [0.25, 0.3) is 0 Å². The van der Waals surface area contributed by atoms with E-state index in [1.807, 2.05) is 0 Å². The average Bonchev–Trinajstić information content (AvgIpc) is 3.10. The zero-order chi connectivity index (χ0) is 43.3. The molecule has 0 saturated carbocycles. The maximum absolute atomic E-state index is 12.7. The Morgan fingerprint density at radius 3 is 1.42 bits per heavy atom. The van der Waals surface area contributed by atoms with Gasteiger partial charge in [-0.25, -0.2) is 4.57 Å². The summed E-state index contributed by atoms with van der Waals surface area (Å²) in [6, 6.07) is 0. The van der Waals surface area contributed by atoms with Crippen molar-refractivity contribution in [1.29, 1.82) is 0 Å². The van der Waals surface area contributed by atoms with Crippen molar-refractivity contribution in [3.8, 4) is 0 Å². The maximum Gasteiger partial charge on any atom is 0.472 e. The fourth-order valence-electron chi connectivity index (χ4n) is 5.35. The Balaban J connectivity index is 5.03. The minimum atomic E-state index is -5.07. The quantitative estimate of drug-likeness (QED) is 0.0296. The molecule has 0 fully saturated rings. The minimum absolute atomic E-state index is 0.0768. The molecule has 0 aromatic carbocycles. The third-order valence-corrected chi connectivity index (χ3v) is 9.29. The van der Waals surface area contributed by atoms with Gasteiger partial charge in [-0.15, -0.1) is 0 Å². The normalized spacial score (nSPS) is 17.3. The molecule has 0 amide bonds. The number of esters is 2. The Bertz CT molecular complexity index is 1060. The molecule has 0 aromatic heterocycles. The third-order valence-electron chi connectivity index (χ3n) is 8.30. The summed E-state index contributed by atoms with van der Waals surface area (Å²) in [6.07, 6.45) is 26.0. The van der Waals surface area contributed by atoms with Crippen molar-refractivity contribution in [2.45, 2.75) is 187 Å². The highest BCUT2D eigenvalue weighted by atomic mass is 31.2. The highest BCUT2D eigenvalue weighted by molar-refractivity contribution is 7.47. The lowest BCUT2D eigenvalue weighted by molar-refractivity contribution is -0.870. The third kappa shape index (κ3) is 34.9. The van der Waals surface area contributed by atoms with Crippen molar-refractivity contribution in [3.63, 3.8) is 0 Å². The molecular formula is C38H77NO8P+. The summed E-state index contributed by atoms with van der Waals surface area (Å²) in [5.74, 6) is -1.14. The van der Waals surface area contributed by atoms with Crippen LogP contribution in [-0.4, -0.2) is 74.7 Å². The van der Waals surface area contributed by atoms with E-state index < -0.39 is 77.6 Å². The number of quaternary nitrogens is 1. The van der Waals surface area contributed by atoms with Gasteiger partial charge in [-0.2, -0.15) is 0 Å². The molecule has 0 aromatic rings. The van der Waals surface area contributed by atoms with Crippen molar-refractivity contribution in [2.24, 2.45) is 0 Å². The molecule has 0 aliphatic heterocycles. The lowest BCUT2D eigenvalue weighted by Crippen LogP contribution is -2.37. The van der Waals surface area contributed by atoms with Gasteiger partial charge in [-0.1, -0.05) is 155 Å². The molecule has 1 unspecified atom stereocenters. The van der Waals surface area contributed by atoms with Crippen LogP contribution in [-0.2, 0) is 32.7 Å². The van der Waals surface area contributed by atoms with Crippen molar-refractivity contribution in [1.82, 2.24) is 0 Å². The molecule has 0 aliphatic carbocycles. The Morgan fingerprint density at radius 2 is 1.00 bits per heavy atom. The smallest absolute Gasteiger partial charge is 0.462 e. The van der Waals surface area contributed by atoms with Gasteiger partial charge in [0.05, 0.1) is 39.9 Å². The molecule has 0 heterocycles. The number of carbonyl (C=O) groups is 2. The van der Waals surface area contributed by atoms with Crippen molar-refractivity contribution < 1.29 is 54.4 Å². The average molecular weight is 716 g/mol. The Labute approximate surface area is 308 Å². The van der Waals surface area contributed by atoms with Crippen LogP contribution in [0.3, 0.4) is 0 Å². The number of phosphoric acid groups is 1. The van der Waals surface area contributed by atoms with Crippen LogP contribution in [0.2, 0.25) is 0 Å². The van der Waals surface area contributed by atoms with E-state index in [1.165, 1.54) is 96.3 Å². The van der Waals surface area contributed by atoms with Crippen LogP contribution in [0.25, 0.3) is 0 Å². The molecular weight excluding hydrogens is 629 g/mol. The molecule has 0 spiro atoms. The van der Waals surface area contributed by atoms with Crippen LogP contribution in [0.4, 0.5) is 0 Å². The second-order valence-electron chi connectivity index (χ2n) is 13.2. The van der Waals surface area contributed by atoms with Crippen LogP contribution >= 0.6 is 7.82 Å². The summed E-state index contributed by atoms with van der Waals surface area (Å²) in [5, 5.41) is 0. The molecule has 286 valence electrons. The summed E-state index contributed by atoms with van der Waals surface area (Å²) in [7, 11) is -5.07. The number of likely N-dealkylation sites (N-methyl/N-ethyl adjacent to an activating group) is 1. The molecule has 0 bridgehead atoms. The molecule has 0 radical (unpaired) electrons. The standard InChI is InChI=1S/C38H76NO8P/c1-6-8-10-12-14-16-18-20-22-24-26-28-30-37(40)44-34-36(35-46-48(42,43)45-33-32-39(3,4)5)47-38(41)31-29-27-25-23-21-19-17-15-13-11-9-7-2/h36H,6-35H2,1-5H3/p+1/t36-/m1/s1/i3D3,4D3,5D3. The molecule has 2 atom stereocenters. The number of phosphoric ester groups is 1. The van der Waals surface area contributed by atoms with E-state index in [1.54, 1.807) is 0 Å². The second-order valence-corrected chi connectivity index (χ2v) is 14.7. The van der Waals surface area contributed by atoms with E-state index in [0.717, 1.165) is 44.9 Å². The van der Waals surface area contributed by atoms with Gasteiger partial charge in [0, 0.05) is 12.8 Å². The Kier molecular flexibility index (Phi) is 21.9. The minimum Gasteiger partial charge on any atom is -0.462 e. The number of unbranched alkanes of at least 4 members (excludes halogenated alkanes) is 22. The van der Waals surface area contributed by atoms with Crippen molar-refractivity contribution >= 4 is 19.8 Å². The van der Waals surface area contributed by atoms with Crippen LogP contribution in [0.1, 0.15) is 193 Å². The van der Waals surface area contributed by atoms with Gasteiger partial charge in [0.15, 0.2) is 6.10 Å². The Hall–Kier alpha value is -0.990. The fraction of sp³-hybridized carbons (Fsp3) is 0.947. The van der Waals surface area contributed by atoms with E-state index in [4.69, 9.17) is 30.9 Å². The zero-order valence-electron chi connectivity index (χ0n) is 39.5. The number of hydrogen-bond donors (Lipinski definition) is 1. The molecule has 0 saturated heterocycles. The van der Waals surface area contributed by atoms with Crippen LogP contribution < -0.4 is 0 Å². The van der Waals surface area contributed by atoms with E-state index in [2.05, 4.69) is 13.8 Å². The monoisotopic (exact) mass is 716 g/mol. The van der Waals surface area contributed by atoms with Gasteiger partial charge < -0.3 is 18.9 Å². The number of hydrogen-bond acceptors (Lipinski definition) is 7. The first kappa shape index (κ1) is 32.9. The predicted molar refractivity (Wildman–Crippen MR) is 197 cm³/mol. The summed E-state index contributed by atoms with van der Waals surface area (Å²) >= 11 is 0.